The standard InChI is InChI=1S/C13H19NO6S2/c1-9-7-11(13(15)16)5-6-12(9)22(19,20)14(3)10(2)8-21(4,17)18/h5-7,10H,8H2,1-4H3,(H,15,16). The minimum atomic E-state index is -3.91. The third kappa shape index (κ3) is 4.28. The SMILES string of the molecule is Cc1cc(C(=O)O)ccc1S(=O)(=O)N(C)C(C)CS(C)(=O)=O. The van der Waals surface area contributed by atoms with Crippen molar-refractivity contribution in [1.82, 2.24) is 4.31 Å². The molecule has 124 valence electrons. The number of benzene rings is 1. The summed E-state index contributed by atoms with van der Waals surface area (Å²) in [7, 11) is -5.93. The van der Waals surface area contributed by atoms with E-state index in [-0.39, 0.29) is 16.2 Å². The molecular formula is C13H19NO6S2. The highest BCUT2D eigenvalue weighted by Gasteiger charge is 2.28. The molecule has 1 unspecified atom stereocenters. The van der Waals surface area contributed by atoms with E-state index in [2.05, 4.69) is 0 Å². The number of carbonyl (C=O) groups is 1. The van der Waals surface area contributed by atoms with Crippen molar-refractivity contribution in [3.05, 3.63) is 29.3 Å². The molecule has 0 aliphatic carbocycles. The van der Waals surface area contributed by atoms with Gasteiger partial charge in [-0.05, 0) is 37.6 Å². The molecule has 0 radical (unpaired) electrons. The van der Waals surface area contributed by atoms with Gasteiger partial charge in [-0.2, -0.15) is 4.31 Å². The molecule has 0 fully saturated rings. The molecule has 7 nitrogen and oxygen atoms in total. The normalized spacial score (nSPS) is 14.0. The highest BCUT2D eigenvalue weighted by atomic mass is 32.2. The van der Waals surface area contributed by atoms with Crippen LogP contribution in [0.25, 0.3) is 0 Å². The van der Waals surface area contributed by atoms with Crippen molar-refractivity contribution in [2.75, 3.05) is 19.1 Å². The number of sulfonamides is 1. The highest BCUT2D eigenvalue weighted by molar-refractivity contribution is 7.91. The number of aromatic carboxylic acids is 1. The van der Waals surface area contributed by atoms with Crippen molar-refractivity contribution in [1.29, 1.82) is 0 Å². The second kappa shape index (κ2) is 6.35. The molecule has 0 amide bonds. The maximum Gasteiger partial charge on any atom is 0.335 e. The maximum absolute atomic E-state index is 12.5. The summed E-state index contributed by atoms with van der Waals surface area (Å²) in [5.74, 6) is -1.44. The summed E-state index contributed by atoms with van der Waals surface area (Å²) >= 11 is 0. The molecule has 1 aromatic carbocycles. The summed E-state index contributed by atoms with van der Waals surface area (Å²) in [6, 6.07) is 2.96. The number of hydrogen-bond acceptors (Lipinski definition) is 5. The van der Waals surface area contributed by atoms with Crippen molar-refractivity contribution in [3.8, 4) is 0 Å². The maximum atomic E-state index is 12.5. The van der Waals surface area contributed by atoms with Crippen LogP contribution in [0.1, 0.15) is 22.8 Å². The molecule has 0 bridgehead atoms. The van der Waals surface area contributed by atoms with Crippen LogP contribution in [-0.2, 0) is 19.9 Å². The lowest BCUT2D eigenvalue weighted by atomic mass is 10.1. The van der Waals surface area contributed by atoms with E-state index in [0.717, 1.165) is 10.6 Å². The molecule has 0 saturated heterocycles. The molecule has 0 saturated carbocycles. The van der Waals surface area contributed by atoms with Gasteiger partial charge in [-0.25, -0.2) is 21.6 Å². The largest absolute Gasteiger partial charge is 0.478 e. The van der Waals surface area contributed by atoms with Crippen LogP contribution >= 0.6 is 0 Å². The quantitative estimate of drug-likeness (QED) is 0.811. The summed E-state index contributed by atoms with van der Waals surface area (Å²) in [5.41, 5.74) is 0.279. The van der Waals surface area contributed by atoms with Gasteiger partial charge >= 0.3 is 5.97 Å². The molecule has 1 N–H and O–H groups in total. The third-order valence-electron chi connectivity index (χ3n) is 3.24. The molecule has 0 heterocycles. The zero-order chi connectivity index (χ0) is 17.3. The van der Waals surface area contributed by atoms with Gasteiger partial charge < -0.3 is 5.11 Å². The first-order chi connectivity index (χ1) is 9.86. The van der Waals surface area contributed by atoms with Gasteiger partial charge in [-0.1, -0.05) is 0 Å². The Morgan fingerprint density at radius 2 is 1.82 bits per heavy atom. The average molecular weight is 349 g/mol. The summed E-state index contributed by atoms with van der Waals surface area (Å²) < 4.78 is 48.7. The monoisotopic (exact) mass is 349 g/mol. The molecule has 1 aromatic rings. The van der Waals surface area contributed by atoms with Gasteiger partial charge in [0, 0.05) is 19.3 Å². The Balaban J connectivity index is 3.21. The van der Waals surface area contributed by atoms with E-state index in [0.29, 0.717) is 5.56 Å². The number of carboxylic acid groups (broad SMARTS) is 1. The van der Waals surface area contributed by atoms with Crippen molar-refractivity contribution >= 4 is 25.8 Å². The molecule has 1 rings (SSSR count). The summed E-state index contributed by atoms with van der Waals surface area (Å²) in [4.78, 5) is 10.8. The first-order valence-corrected chi connectivity index (χ1v) is 9.86. The number of rotatable bonds is 6. The van der Waals surface area contributed by atoms with Gasteiger partial charge in [0.1, 0.15) is 9.84 Å². The van der Waals surface area contributed by atoms with Gasteiger partial charge in [0.2, 0.25) is 10.0 Å². The molecule has 22 heavy (non-hydrogen) atoms. The van der Waals surface area contributed by atoms with Gasteiger partial charge in [0.05, 0.1) is 16.2 Å². The van der Waals surface area contributed by atoms with Crippen molar-refractivity contribution in [2.45, 2.75) is 24.8 Å². The number of carboxylic acids is 1. The second-order valence-corrected chi connectivity index (χ2v) is 9.40. The lowest BCUT2D eigenvalue weighted by molar-refractivity contribution is 0.0696. The Kier molecular flexibility index (Phi) is 5.37. The summed E-state index contributed by atoms with van der Waals surface area (Å²) in [6.07, 6.45) is 1.04. The van der Waals surface area contributed by atoms with E-state index >= 15 is 0 Å². The van der Waals surface area contributed by atoms with E-state index in [1.54, 1.807) is 0 Å². The Bertz CT molecular complexity index is 783. The number of sulfone groups is 1. The lowest BCUT2D eigenvalue weighted by Crippen LogP contribution is -2.39. The molecular weight excluding hydrogens is 330 g/mol. The minimum absolute atomic E-state index is 0.0108. The fourth-order valence-corrected chi connectivity index (χ4v) is 4.77. The minimum Gasteiger partial charge on any atom is -0.478 e. The Hall–Kier alpha value is -1.45. The zero-order valence-electron chi connectivity index (χ0n) is 12.8. The van der Waals surface area contributed by atoms with Gasteiger partial charge in [0.15, 0.2) is 0 Å². The first-order valence-electron chi connectivity index (χ1n) is 6.36. The van der Waals surface area contributed by atoms with E-state index in [1.165, 1.54) is 39.1 Å². The summed E-state index contributed by atoms with van der Waals surface area (Å²) in [6.45, 7) is 2.99. The van der Waals surface area contributed by atoms with E-state index < -0.39 is 31.9 Å². The third-order valence-corrected chi connectivity index (χ3v) is 6.46. The Labute approximate surface area is 130 Å². The van der Waals surface area contributed by atoms with Crippen molar-refractivity contribution in [3.63, 3.8) is 0 Å². The molecule has 0 aromatic heterocycles. The average Bonchev–Trinajstić information content (AvgIpc) is 2.35. The number of hydrogen-bond donors (Lipinski definition) is 1. The topological polar surface area (TPSA) is 109 Å². The molecule has 1 atom stereocenters. The van der Waals surface area contributed by atoms with Crippen LogP contribution in [-0.4, -0.2) is 57.3 Å². The fraction of sp³-hybridized carbons (Fsp3) is 0.462. The number of nitrogens with zero attached hydrogens (tertiary/aromatic N) is 1. The predicted molar refractivity (Wildman–Crippen MR) is 82.3 cm³/mol. The van der Waals surface area contributed by atoms with Crippen molar-refractivity contribution in [2.24, 2.45) is 0 Å². The smallest absolute Gasteiger partial charge is 0.335 e. The van der Waals surface area contributed by atoms with E-state index in [1.807, 2.05) is 0 Å². The van der Waals surface area contributed by atoms with Crippen LogP contribution in [0.2, 0.25) is 0 Å². The van der Waals surface area contributed by atoms with Crippen molar-refractivity contribution < 1.29 is 26.7 Å². The Morgan fingerprint density at radius 3 is 2.23 bits per heavy atom. The van der Waals surface area contributed by atoms with E-state index in [9.17, 15) is 21.6 Å². The van der Waals surface area contributed by atoms with Gasteiger partial charge in [-0.15, -0.1) is 0 Å². The first kappa shape index (κ1) is 18.6. The molecule has 0 spiro atoms. The predicted octanol–water partition coefficient (Wildman–Crippen LogP) is 0.747. The summed E-state index contributed by atoms with van der Waals surface area (Å²) in [5, 5.41) is 8.90. The molecule has 0 aliphatic rings. The molecule has 9 heteroatoms. The Morgan fingerprint density at radius 1 is 1.27 bits per heavy atom. The lowest BCUT2D eigenvalue weighted by Gasteiger charge is -2.24. The molecule has 0 aliphatic heterocycles. The fourth-order valence-electron chi connectivity index (χ4n) is 2.01. The highest BCUT2D eigenvalue weighted by Crippen LogP contribution is 2.22. The van der Waals surface area contributed by atoms with Crippen LogP contribution in [0.4, 0.5) is 0 Å². The van der Waals surface area contributed by atoms with E-state index in [4.69, 9.17) is 5.11 Å². The van der Waals surface area contributed by atoms with Crippen LogP contribution in [0.15, 0.2) is 23.1 Å². The van der Waals surface area contributed by atoms with Crippen LogP contribution in [0.5, 0.6) is 0 Å². The van der Waals surface area contributed by atoms with Crippen LogP contribution in [0.3, 0.4) is 0 Å². The van der Waals surface area contributed by atoms with Gasteiger partial charge in [0.25, 0.3) is 0 Å². The van der Waals surface area contributed by atoms with Crippen LogP contribution < -0.4 is 0 Å². The zero-order valence-corrected chi connectivity index (χ0v) is 14.4. The van der Waals surface area contributed by atoms with Crippen LogP contribution in [0, 0.1) is 6.92 Å². The second-order valence-electron chi connectivity index (χ2n) is 5.25. The number of aryl methyl sites for hydroxylation is 1. The van der Waals surface area contributed by atoms with Gasteiger partial charge in [-0.3, -0.25) is 0 Å².